The molecule has 3 nitrogen and oxygen atoms in total. The van der Waals surface area contributed by atoms with E-state index in [0.29, 0.717) is 11.3 Å². The minimum absolute atomic E-state index is 0.0258. The van der Waals surface area contributed by atoms with Gasteiger partial charge < -0.3 is 10.1 Å². The molecule has 4 heteroatoms. The summed E-state index contributed by atoms with van der Waals surface area (Å²) in [5.74, 6) is 0.450. The molecule has 0 aromatic heterocycles. The molecular weight excluding hydrogens is 341 g/mol. The van der Waals surface area contributed by atoms with Gasteiger partial charge in [-0.2, -0.15) is 0 Å². The highest BCUT2D eigenvalue weighted by Crippen LogP contribution is 2.25. The van der Waals surface area contributed by atoms with E-state index in [1.54, 1.807) is 43.5 Å². The van der Waals surface area contributed by atoms with Crippen molar-refractivity contribution in [2.24, 2.45) is 0 Å². The Bertz CT molecular complexity index is 887. The second-order valence-corrected chi connectivity index (χ2v) is 6.47. The van der Waals surface area contributed by atoms with Crippen LogP contribution in [0, 0.1) is 12.7 Å². The Balaban J connectivity index is 1.82. The number of carbonyl (C=O) groups excluding carboxylic acids is 1. The molecule has 0 heterocycles. The van der Waals surface area contributed by atoms with Crippen molar-refractivity contribution in [2.45, 2.75) is 19.4 Å². The largest absolute Gasteiger partial charge is 0.497 e. The van der Waals surface area contributed by atoms with E-state index >= 15 is 0 Å². The third kappa shape index (κ3) is 4.94. The maximum absolute atomic E-state index is 13.2. The lowest BCUT2D eigenvalue weighted by Gasteiger charge is -2.20. The molecule has 0 spiro atoms. The number of halogens is 1. The third-order valence-corrected chi connectivity index (χ3v) is 4.47. The average Bonchev–Trinajstić information content (AvgIpc) is 2.70. The number of Topliss-reactive ketones (excluding diaryl/α,β-unsaturated/α-hetero) is 1. The number of aryl methyl sites for hydroxylation is 1. The standard InChI is InChI=1S/C23H22FNO2/c1-16-3-5-17(6-4-16)22(25-20-11-9-19(24)10-12-20)15-23(26)18-7-13-21(27-2)14-8-18/h3-14,22,25H,15H2,1-2H3. The number of ketones is 1. The van der Waals surface area contributed by atoms with Crippen molar-refractivity contribution in [3.05, 3.63) is 95.3 Å². The minimum atomic E-state index is -0.290. The topological polar surface area (TPSA) is 38.3 Å². The first kappa shape index (κ1) is 18.6. The first-order chi connectivity index (χ1) is 13.0. The van der Waals surface area contributed by atoms with Crippen molar-refractivity contribution in [1.82, 2.24) is 0 Å². The van der Waals surface area contributed by atoms with Crippen LogP contribution in [0.1, 0.15) is 33.9 Å². The molecule has 0 aliphatic heterocycles. The summed E-state index contributed by atoms with van der Waals surface area (Å²) in [7, 11) is 1.59. The van der Waals surface area contributed by atoms with Crippen LogP contribution in [-0.4, -0.2) is 12.9 Å². The van der Waals surface area contributed by atoms with Crippen LogP contribution in [0.15, 0.2) is 72.8 Å². The summed E-state index contributed by atoms with van der Waals surface area (Å²) < 4.78 is 18.3. The number of methoxy groups -OCH3 is 1. The van der Waals surface area contributed by atoms with E-state index in [1.165, 1.54) is 12.1 Å². The Morgan fingerprint density at radius 2 is 1.59 bits per heavy atom. The molecule has 3 aromatic rings. The van der Waals surface area contributed by atoms with Gasteiger partial charge in [0.2, 0.25) is 0 Å². The first-order valence-corrected chi connectivity index (χ1v) is 8.81. The Labute approximate surface area is 158 Å². The van der Waals surface area contributed by atoms with E-state index < -0.39 is 0 Å². The van der Waals surface area contributed by atoms with E-state index in [1.807, 2.05) is 31.2 Å². The van der Waals surface area contributed by atoms with Crippen molar-refractivity contribution >= 4 is 11.5 Å². The van der Waals surface area contributed by atoms with Crippen LogP contribution in [0.3, 0.4) is 0 Å². The van der Waals surface area contributed by atoms with E-state index in [9.17, 15) is 9.18 Å². The van der Waals surface area contributed by atoms with Crippen molar-refractivity contribution in [3.8, 4) is 5.75 Å². The number of benzene rings is 3. The lowest BCUT2D eigenvalue weighted by molar-refractivity contribution is 0.0976. The number of nitrogens with one attached hydrogen (secondary N) is 1. The predicted octanol–water partition coefficient (Wildman–Crippen LogP) is 5.57. The van der Waals surface area contributed by atoms with Crippen molar-refractivity contribution in [3.63, 3.8) is 0 Å². The maximum Gasteiger partial charge on any atom is 0.165 e. The van der Waals surface area contributed by atoms with Gasteiger partial charge >= 0.3 is 0 Å². The smallest absolute Gasteiger partial charge is 0.165 e. The molecule has 0 amide bonds. The molecule has 3 aromatic carbocycles. The van der Waals surface area contributed by atoms with Crippen molar-refractivity contribution in [1.29, 1.82) is 0 Å². The Kier molecular flexibility index (Phi) is 5.87. The van der Waals surface area contributed by atoms with Gasteiger partial charge in [0.05, 0.1) is 13.2 Å². The summed E-state index contributed by atoms with van der Waals surface area (Å²) >= 11 is 0. The first-order valence-electron chi connectivity index (χ1n) is 8.81. The summed E-state index contributed by atoms with van der Waals surface area (Å²) in [5, 5.41) is 3.35. The zero-order chi connectivity index (χ0) is 19.2. The molecule has 138 valence electrons. The SMILES string of the molecule is COc1ccc(C(=O)CC(Nc2ccc(F)cc2)c2ccc(C)cc2)cc1. The molecule has 1 N–H and O–H groups in total. The van der Waals surface area contributed by atoms with Crippen LogP contribution in [0.5, 0.6) is 5.75 Å². The second-order valence-electron chi connectivity index (χ2n) is 6.47. The van der Waals surface area contributed by atoms with Crippen LogP contribution in [-0.2, 0) is 0 Å². The van der Waals surface area contributed by atoms with Gasteiger partial charge in [0.25, 0.3) is 0 Å². The van der Waals surface area contributed by atoms with Gasteiger partial charge in [-0.15, -0.1) is 0 Å². The predicted molar refractivity (Wildman–Crippen MR) is 106 cm³/mol. The normalized spacial score (nSPS) is 11.7. The summed E-state index contributed by atoms with van der Waals surface area (Å²) in [6.07, 6.45) is 0.284. The van der Waals surface area contributed by atoms with Crippen LogP contribution in [0.4, 0.5) is 10.1 Å². The average molecular weight is 363 g/mol. The van der Waals surface area contributed by atoms with Crippen LogP contribution in [0.25, 0.3) is 0 Å². The monoisotopic (exact) mass is 363 g/mol. The number of hydrogen-bond donors (Lipinski definition) is 1. The van der Waals surface area contributed by atoms with Crippen LogP contribution >= 0.6 is 0 Å². The Morgan fingerprint density at radius 3 is 2.19 bits per heavy atom. The van der Waals surface area contributed by atoms with Crippen molar-refractivity contribution < 1.29 is 13.9 Å². The van der Waals surface area contributed by atoms with E-state index in [0.717, 1.165) is 16.8 Å². The summed E-state index contributed by atoms with van der Waals surface area (Å²) in [4.78, 5) is 12.8. The fraction of sp³-hybridized carbons (Fsp3) is 0.174. The van der Waals surface area contributed by atoms with Crippen LogP contribution < -0.4 is 10.1 Å². The molecule has 0 saturated carbocycles. The van der Waals surface area contributed by atoms with E-state index in [2.05, 4.69) is 5.32 Å². The molecule has 1 unspecified atom stereocenters. The van der Waals surface area contributed by atoms with Crippen molar-refractivity contribution in [2.75, 3.05) is 12.4 Å². The lowest BCUT2D eigenvalue weighted by Crippen LogP contribution is -2.16. The van der Waals surface area contributed by atoms with Gasteiger partial charge in [0.15, 0.2) is 5.78 Å². The summed E-state index contributed by atoms with van der Waals surface area (Å²) in [6.45, 7) is 2.02. The maximum atomic E-state index is 13.2. The highest BCUT2D eigenvalue weighted by atomic mass is 19.1. The van der Waals surface area contributed by atoms with Gasteiger partial charge in [-0.1, -0.05) is 29.8 Å². The zero-order valence-electron chi connectivity index (χ0n) is 15.4. The van der Waals surface area contributed by atoms with Gasteiger partial charge in [-0.3, -0.25) is 4.79 Å². The van der Waals surface area contributed by atoms with E-state index in [4.69, 9.17) is 4.74 Å². The number of anilines is 1. The highest BCUT2D eigenvalue weighted by molar-refractivity contribution is 5.96. The number of hydrogen-bond acceptors (Lipinski definition) is 3. The van der Waals surface area contributed by atoms with Gasteiger partial charge in [0.1, 0.15) is 11.6 Å². The van der Waals surface area contributed by atoms with Gasteiger partial charge in [-0.25, -0.2) is 4.39 Å². The number of rotatable bonds is 7. The Hall–Kier alpha value is -3.14. The van der Waals surface area contributed by atoms with Gasteiger partial charge in [-0.05, 0) is 61.0 Å². The van der Waals surface area contributed by atoms with Crippen LogP contribution in [0.2, 0.25) is 0 Å². The molecule has 0 radical (unpaired) electrons. The zero-order valence-corrected chi connectivity index (χ0v) is 15.4. The third-order valence-electron chi connectivity index (χ3n) is 4.47. The Morgan fingerprint density at radius 1 is 0.963 bits per heavy atom. The number of ether oxygens (including phenoxy) is 1. The minimum Gasteiger partial charge on any atom is -0.497 e. The summed E-state index contributed by atoms with van der Waals surface area (Å²) in [6, 6.07) is 21.1. The lowest BCUT2D eigenvalue weighted by atomic mass is 9.97. The molecule has 1 atom stereocenters. The molecular formula is C23H22FNO2. The molecule has 3 rings (SSSR count). The molecule has 0 bridgehead atoms. The molecule has 0 aliphatic rings. The van der Waals surface area contributed by atoms with E-state index in [-0.39, 0.29) is 24.1 Å². The fourth-order valence-electron chi connectivity index (χ4n) is 2.88. The number of carbonyl (C=O) groups is 1. The highest BCUT2D eigenvalue weighted by Gasteiger charge is 2.17. The quantitative estimate of drug-likeness (QED) is 0.558. The second kappa shape index (κ2) is 8.49. The summed E-state index contributed by atoms with van der Waals surface area (Å²) in [5.41, 5.74) is 3.56. The molecule has 27 heavy (non-hydrogen) atoms. The molecule has 0 aliphatic carbocycles. The molecule has 0 fully saturated rings. The molecule has 0 saturated heterocycles. The fourth-order valence-corrected chi connectivity index (χ4v) is 2.88. The van der Waals surface area contributed by atoms with Gasteiger partial charge in [0, 0.05) is 17.7 Å².